The molecule has 0 saturated carbocycles. The molecule has 0 aliphatic heterocycles. The fourth-order valence-corrected chi connectivity index (χ4v) is 4.13. The number of benzene rings is 2. The number of aryl methyl sites for hydroxylation is 2. The van der Waals surface area contributed by atoms with Gasteiger partial charge in [0.2, 0.25) is 5.82 Å². The van der Waals surface area contributed by atoms with Crippen LogP contribution in [-0.4, -0.2) is 35.0 Å². The lowest BCUT2D eigenvalue weighted by Crippen LogP contribution is -2.24. The Morgan fingerprint density at radius 2 is 1.73 bits per heavy atom. The predicted octanol–water partition coefficient (Wildman–Crippen LogP) is 4.20. The van der Waals surface area contributed by atoms with Crippen molar-refractivity contribution in [1.82, 2.24) is 35.0 Å². The first-order chi connectivity index (χ1) is 16.2. The van der Waals surface area contributed by atoms with Crippen molar-refractivity contribution >= 4 is 11.0 Å². The number of hydrogen-bond acceptors (Lipinski definition) is 5. The summed E-state index contributed by atoms with van der Waals surface area (Å²) >= 11 is 0. The van der Waals surface area contributed by atoms with E-state index in [1.165, 1.54) is 0 Å². The second-order valence-electron chi connectivity index (χ2n) is 8.14. The summed E-state index contributed by atoms with van der Waals surface area (Å²) in [5, 5.41) is 15.1. The maximum absolute atomic E-state index is 13.2. The molecule has 8 heteroatoms. The Balaban J connectivity index is 1.50. The molecule has 1 N–H and O–H groups in total. The van der Waals surface area contributed by atoms with E-state index in [1.54, 1.807) is 0 Å². The summed E-state index contributed by atoms with van der Waals surface area (Å²) < 4.78 is 3.85. The number of aromatic amines is 1. The van der Waals surface area contributed by atoms with Gasteiger partial charge in [-0.25, -0.2) is 9.67 Å². The van der Waals surface area contributed by atoms with Crippen molar-refractivity contribution in [2.24, 2.45) is 0 Å². The van der Waals surface area contributed by atoms with Crippen LogP contribution in [0.15, 0.2) is 65.5 Å². The Kier molecular flexibility index (Phi) is 5.56. The number of nitrogens with one attached hydrogen (secondary N) is 1. The lowest BCUT2D eigenvalue weighted by atomic mass is 9.98. The largest absolute Gasteiger partial charge is 0.276 e. The number of tetrazole rings is 1. The molecule has 0 atom stereocenters. The molecule has 0 spiro atoms. The van der Waals surface area contributed by atoms with Crippen LogP contribution in [0.4, 0.5) is 0 Å². The van der Waals surface area contributed by atoms with Gasteiger partial charge in [-0.2, -0.15) is 5.21 Å². The summed E-state index contributed by atoms with van der Waals surface area (Å²) in [5.41, 5.74) is 5.72. The monoisotopic (exact) mass is 439 g/mol. The number of hydrogen-bond donors (Lipinski definition) is 1. The standard InChI is InChI=1S/C25H25N7O/c1-3-4-15-31-24-22(14-9-17(2)26-24)25(33)32(31)16-18-10-12-19(13-11-18)20-7-5-6-8-21(20)23-27-29-30-28-23/h5-14H,3-4,15-16H2,1-2H3,(H,27,28,29,30). The number of fused-ring (bicyclic) bond motifs is 1. The number of aromatic nitrogens is 7. The molecular weight excluding hydrogens is 414 g/mol. The SMILES string of the molecule is CCCCn1c2nc(C)ccc2c(=O)n1Cc1ccc(-c2ccccc2-c2nn[nH]n2)cc1. The van der Waals surface area contributed by atoms with Gasteiger partial charge < -0.3 is 0 Å². The van der Waals surface area contributed by atoms with Crippen molar-refractivity contribution in [3.8, 4) is 22.5 Å². The smallest absolute Gasteiger partial charge is 0.267 e. The highest BCUT2D eigenvalue weighted by Gasteiger charge is 2.15. The fourth-order valence-electron chi connectivity index (χ4n) is 4.13. The maximum Gasteiger partial charge on any atom is 0.276 e. The normalized spacial score (nSPS) is 11.3. The quantitative estimate of drug-likeness (QED) is 0.410. The van der Waals surface area contributed by atoms with E-state index in [4.69, 9.17) is 0 Å². The first-order valence-electron chi connectivity index (χ1n) is 11.1. The Labute approximate surface area is 190 Å². The molecule has 0 aliphatic carbocycles. The van der Waals surface area contributed by atoms with Crippen LogP contribution in [0.1, 0.15) is 31.0 Å². The highest BCUT2D eigenvalue weighted by atomic mass is 16.1. The topological polar surface area (TPSA) is 94.3 Å². The Morgan fingerprint density at radius 3 is 2.45 bits per heavy atom. The van der Waals surface area contributed by atoms with Crippen molar-refractivity contribution in [1.29, 1.82) is 0 Å². The molecule has 0 radical (unpaired) electrons. The molecule has 0 fully saturated rings. The second-order valence-corrected chi connectivity index (χ2v) is 8.14. The highest BCUT2D eigenvalue weighted by Crippen LogP contribution is 2.29. The molecule has 0 bridgehead atoms. The zero-order chi connectivity index (χ0) is 22.8. The van der Waals surface area contributed by atoms with Crippen molar-refractivity contribution in [2.45, 2.75) is 39.8 Å². The van der Waals surface area contributed by atoms with E-state index in [-0.39, 0.29) is 5.56 Å². The number of H-pyrrole nitrogens is 1. The molecule has 3 heterocycles. The van der Waals surface area contributed by atoms with Crippen LogP contribution in [0.25, 0.3) is 33.5 Å². The zero-order valence-corrected chi connectivity index (χ0v) is 18.7. The van der Waals surface area contributed by atoms with Crippen molar-refractivity contribution in [3.05, 3.63) is 82.3 Å². The molecule has 8 nitrogen and oxygen atoms in total. The molecule has 0 saturated heterocycles. The third kappa shape index (κ3) is 3.95. The van der Waals surface area contributed by atoms with E-state index in [0.717, 1.165) is 53.0 Å². The second kappa shape index (κ2) is 8.82. The van der Waals surface area contributed by atoms with E-state index in [1.807, 2.05) is 52.7 Å². The minimum absolute atomic E-state index is 0.000122. The van der Waals surface area contributed by atoms with Crippen molar-refractivity contribution in [3.63, 3.8) is 0 Å². The molecule has 33 heavy (non-hydrogen) atoms. The van der Waals surface area contributed by atoms with E-state index < -0.39 is 0 Å². The molecule has 5 aromatic rings. The van der Waals surface area contributed by atoms with Crippen molar-refractivity contribution < 1.29 is 0 Å². The third-order valence-electron chi connectivity index (χ3n) is 5.85. The van der Waals surface area contributed by atoms with Gasteiger partial charge in [-0.1, -0.05) is 61.9 Å². The Morgan fingerprint density at radius 1 is 0.939 bits per heavy atom. The van der Waals surface area contributed by atoms with Crippen LogP contribution in [0.2, 0.25) is 0 Å². The predicted molar refractivity (Wildman–Crippen MR) is 128 cm³/mol. The first kappa shape index (κ1) is 20.8. The summed E-state index contributed by atoms with van der Waals surface area (Å²) in [6.45, 7) is 5.36. The number of pyridine rings is 1. The van der Waals surface area contributed by atoms with E-state index in [0.29, 0.717) is 17.8 Å². The molecule has 0 unspecified atom stereocenters. The molecule has 166 valence electrons. The Hall–Kier alpha value is -4.07. The van der Waals surface area contributed by atoms with E-state index in [2.05, 4.69) is 56.8 Å². The molecule has 2 aromatic carbocycles. The molecule has 3 aromatic heterocycles. The van der Waals surface area contributed by atoms with Gasteiger partial charge in [-0.05, 0) is 47.4 Å². The van der Waals surface area contributed by atoms with Gasteiger partial charge in [0.15, 0.2) is 5.65 Å². The van der Waals surface area contributed by atoms with Crippen LogP contribution < -0.4 is 5.56 Å². The summed E-state index contributed by atoms with van der Waals surface area (Å²) in [6, 6.07) is 20.0. The lowest BCUT2D eigenvalue weighted by molar-refractivity contribution is 0.464. The summed E-state index contributed by atoms with van der Waals surface area (Å²) in [6.07, 6.45) is 2.04. The maximum atomic E-state index is 13.2. The van der Waals surface area contributed by atoms with Crippen LogP contribution in [0.3, 0.4) is 0 Å². The minimum Gasteiger partial charge on any atom is -0.267 e. The average molecular weight is 440 g/mol. The molecule has 0 amide bonds. The Bertz CT molecular complexity index is 1450. The third-order valence-corrected chi connectivity index (χ3v) is 5.85. The van der Waals surface area contributed by atoms with Crippen LogP contribution >= 0.6 is 0 Å². The summed E-state index contributed by atoms with van der Waals surface area (Å²) in [4.78, 5) is 17.8. The number of rotatable bonds is 7. The number of nitrogens with zero attached hydrogens (tertiary/aromatic N) is 6. The molecule has 0 aliphatic rings. The van der Waals surface area contributed by atoms with Gasteiger partial charge in [-0.3, -0.25) is 9.48 Å². The average Bonchev–Trinajstić information content (AvgIpc) is 3.46. The zero-order valence-electron chi connectivity index (χ0n) is 18.7. The van der Waals surface area contributed by atoms with Crippen LogP contribution in [0, 0.1) is 6.92 Å². The van der Waals surface area contributed by atoms with Gasteiger partial charge >= 0.3 is 0 Å². The summed E-state index contributed by atoms with van der Waals surface area (Å²) in [5.74, 6) is 0.560. The van der Waals surface area contributed by atoms with Crippen molar-refractivity contribution in [2.75, 3.05) is 0 Å². The van der Waals surface area contributed by atoms with Gasteiger partial charge in [-0.15, -0.1) is 10.2 Å². The van der Waals surface area contributed by atoms with Gasteiger partial charge in [0.25, 0.3) is 5.56 Å². The molecular formula is C25H25N7O. The van der Waals surface area contributed by atoms with Gasteiger partial charge in [0, 0.05) is 17.8 Å². The minimum atomic E-state index is 0.000122. The van der Waals surface area contributed by atoms with E-state index in [9.17, 15) is 4.79 Å². The highest BCUT2D eigenvalue weighted by molar-refractivity contribution is 5.80. The summed E-state index contributed by atoms with van der Waals surface area (Å²) in [7, 11) is 0. The van der Waals surface area contributed by atoms with Crippen LogP contribution in [0.5, 0.6) is 0 Å². The molecule has 5 rings (SSSR count). The fraction of sp³-hybridized carbons (Fsp3) is 0.240. The van der Waals surface area contributed by atoms with Crippen LogP contribution in [-0.2, 0) is 13.1 Å². The van der Waals surface area contributed by atoms with Gasteiger partial charge in [0.05, 0.1) is 11.9 Å². The van der Waals surface area contributed by atoms with E-state index >= 15 is 0 Å². The lowest BCUT2D eigenvalue weighted by Gasteiger charge is -2.13. The first-order valence-corrected chi connectivity index (χ1v) is 11.1. The van der Waals surface area contributed by atoms with Gasteiger partial charge in [0.1, 0.15) is 0 Å². The number of unbranched alkanes of at least 4 members (excludes halogenated alkanes) is 1.